The third kappa shape index (κ3) is 4.26. The Balaban J connectivity index is 1.93. The van der Waals surface area contributed by atoms with E-state index in [0.29, 0.717) is 5.92 Å². The topological polar surface area (TPSA) is 41.6 Å². The summed E-state index contributed by atoms with van der Waals surface area (Å²) in [6, 6.07) is 8.66. The van der Waals surface area contributed by atoms with Gasteiger partial charge in [-0.3, -0.25) is 4.99 Å². The molecule has 1 aromatic carbocycles. The van der Waals surface area contributed by atoms with Crippen molar-refractivity contribution in [2.45, 2.75) is 45.4 Å². The van der Waals surface area contributed by atoms with Crippen LogP contribution in [0.4, 0.5) is 0 Å². The van der Waals surface area contributed by atoms with Crippen LogP contribution in [0.15, 0.2) is 29.3 Å². The minimum Gasteiger partial charge on any atom is -0.370 e. The van der Waals surface area contributed by atoms with Crippen LogP contribution >= 0.6 is 0 Å². The molecule has 3 nitrogen and oxygen atoms in total. The highest BCUT2D eigenvalue weighted by atomic mass is 15.2. The second kappa shape index (κ2) is 7.32. The second-order valence-electron chi connectivity index (χ2n) is 5.92. The number of guanidine groups is 1. The van der Waals surface area contributed by atoms with E-state index in [4.69, 9.17) is 5.73 Å². The Kier molecular flexibility index (Phi) is 5.45. The average molecular weight is 273 g/mol. The van der Waals surface area contributed by atoms with E-state index < -0.39 is 0 Å². The SMILES string of the molecule is Cc1cccc(C(C)CN=C(N)N2CCCCCC2)c1. The lowest BCUT2D eigenvalue weighted by Crippen LogP contribution is -2.38. The van der Waals surface area contributed by atoms with Gasteiger partial charge in [0, 0.05) is 25.6 Å². The molecule has 1 aliphatic heterocycles. The molecule has 0 aromatic heterocycles. The summed E-state index contributed by atoms with van der Waals surface area (Å²) in [5, 5.41) is 0. The van der Waals surface area contributed by atoms with Gasteiger partial charge in [-0.05, 0) is 25.3 Å². The van der Waals surface area contributed by atoms with E-state index in [1.165, 1.54) is 36.8 Å². The van der Waals surface area contributed by atoms with Gasteiger partial charge >= 0.3 is 0 Å². The standard InChI is InChI=1S/C17H27N3/c1-14-8-7-9-16(12-14)15(2)13-19-17(18)20-10-5-3-4-6-11-20/h7-9,12,15H,3-6,10-11,13H2,1-2H3,(H2,18,19). The third-order valence-electron chi connectivity index (χ3n) is 4.07. The average Bonchev–Trinajstić information content (AvgIpc) is 2.73. The molecule has 0 saturated carbocycles. The van der Waals surface area contributed by atoms with Crippen molar-refractivity contribution < 1.29 is 0 Å². The quantitative estimate of drug-likeness (QED) is 0.678. The van der Waals surface area contributed by atoms with Crippen LogP contribution in [0.25, 0.3) is 0 Å². The molecular formula is C17H27N3. The first-order valence-corrected chi connectivity index (χ1v) is 7.78. The lowest BCUT2D eigenvalue weighted by atomic mass is 10.00. The first-order valence-electron chi connectivity index (χ1n) is 7.78. The van der Waals surface area contributed by atoms with E-state index in [1.54, 1.807) is 0 Å². The summed E-state index contributed by atoms with van der Waals surface area (Å²) in [4.78, 5) is 6.86. The van der Waals surface area contributed by atoms with Gasteiger partial charge in [0.1, 0.15) is 0 Å². The molecule has 1 aromatic rings. The number of aryl methyl sites for hydroxylation is 1. The fourth-order valence-corrected chi connectivity index (χ4v) is 2.71. The summed E-state index contributed by atoms with van der Waals surface area (Å²) in [6.07, 6.45) is 5.13. The Bertz CT molecular complexity index is 445. The number of rotatable bonds is 3. The first-order chi connectivity index (χ1) is 9.66. The Labute approximate surface area is 122 Å². The Hall–Kier alpha value is -1.51. The third-order valence-corrected chi connectivity index (χ3v) is 4.07. The molecule has 1 atom stereocenters. The molecule has 0 aliphatic carbocycles. The minimum atomic E-state index is 0.417. The van der Waals surface area contributed by atoms with Crippen LogP contribution in [0.2, 0.25) is 0 Å². The van der Waals surface area contributed by atoms with Crippen molar-refractivity contribution in [1.82, 2.24) is 4.90 Å². The highest BCUT2D eigenvalue weighted by Crippen LogP contribution is 2.17. The van der Waals surface area contributed by atoms with Gasteiger partial charge in [-0.1, -0.05) is 49.6 Å². The van der Waals surface area contributed by atoms with Crippen molar-refractivity contribution in [3.63, 3.8) is 0 Å². The highest BCUT2D eigenvalue weighted by molar-refractivity contribution is 5.78. The summed E-state index contributed by atoms with van der Waals surface area (Å²) < 4.78 is 0. The number of aliphatic imine (C=N–C) groups is 1. The normalized spacial score (nSPS) is 18.7. The number of hydrogen-bond acceptors (Lipinski definition) is 1. The van der Waals surface area contributed by atoms with Gasteiger partial charge in [-0.15, -0.1) is 0 Å². The lowest BCUT2D eigenvalue weighted by Gasteiger charge is -2.21. The van der Waals surface area contributed by atoms with E-state index in [-0.39, 0.29) is 0 Å². The van der Waals surface area contributed by atoms with Gasteiger partial charge in [0.2, 0.25) is 0 Å². The fourth-order valence-electron chi connectivity index (χ4n) is 2.71. The van der Waals surface area contributed by atoms with E-state index in [2.05, 4.69) is 48.0 Å². The van der Waals surface area contributed by atoms with Crippen molar-refractivity contribution in [1.29, 1.82) is 0 Å². The van der Waals surface area contributed by atoms with E-state index in [1.807, 2.05) is 0 Å². The molecule has 1 unspecified atom stereocenters. The maximum Gasteiger partial charge on any atom is 0.191 e. The molecule has 1 aliphatic rings. The maximum atomic E-state index is 6.15. The zero-order valence-electron chi connectivity index (χ0n) is 12.8. The predicted octanol–water partition coefficient (Wildman–Crippen LogP) is 3.29. The molecule has 0 spiro atoms. The Morgan fingerprint density at radius 3 is 2.60 bits per heavy atom. The molecule has 110 valence electrons. The van der Waals surface area contributed by atoms with Gasteiger partial charge in [0.15, 0.2) is 5.96 Å². The minimum absolute atomic E-state index is 0.417. The van der Waals surface area contributed by atoms with Crippen LogP contribution < -0.4 is 5.73 Å². The molecular weight excluding hydrogens is 246 g/mol. The molecule has 2 N–H and O–H groups in total. The first kappa shape index (κ1) is 14.9. The molecule has 1 saturated heterocycles. The smallest absolute Gasteiger partial charge is 0.191 e. The van der Waals surface area contributed by atoms with Gasteiger partial charge in [-0.25, -0.2) is 0 Å². The van der Waals surface area contributed by atoms with Gasteiger partial charge in [0.25, 0.3) is 0 Å². The van der Waals surface area contributed by atoms with Gasteiger partial charge < -0.3 is 10.6 Å². The number of benzene rings is 1. The number of hydrogen-bond donors (Lipinski definition) is 1. The number of likely N-dealkylation sites (tertiary alicyclic amines) is 1. The number of nitrogens with zero attached hydrogens (tertiary/aromatic N) is 2. The summed E-state index contributed by atoms with van der Waals surface area (Å²) >= 11 is 0. The number of nitrogens with two attached hydrogens (primary N) is 1. The zero-order valence-corrected chi connectivity index (χ0v) is 12.8. The predicted molar refractivity (Wildman–Crippen MR) is 86.1 cm³/mol. The van der Waals surface area contributed by atoms with Gasteiger partial charge in [0.05, 0.1) is 0 Å². The summed E-state index contributed by atoms with van der Waals surface area (Å²) in [5.74, 6) is 1.15. The Morgan fingerprint density at radius 1 is 1.25 bits per heavy atom. The molecule has 2 rings (SSSR count). The molecule has 0 bridgehead atoms. The molecule has 3 heteroatoms. The van der Waals surface area contributed by atoms with Crippen LogP contribution in [0.5, 0.6) is 0 Å². The molecule has 1 fully saturated rings. The van der Waals surface area contributed by atoms with Crippen LogP contribution in [-0.4, -0.2) is 30.5 Å². The summed E-state index contributed by atoms with van der Waals surface area (Å²) in [6.45, 7) is 7.24. The molecule has 0 amide bonds. The van der Waals surface area contributed by atoms with Crippen LogP contribution in [0.1, 0.15) is 49.7 Å². The largest absolute Gasteiger partial charge is 0.370 e. The van der Waals surface area contributed by atoms with Crippen molar-refractivity contribution >= 4 is 5.96 Å². The van der Waals surface area contributed by atoms with Crippen LogP contribution in [0.3, 0.4) is 0 Å². The van der Waals surface area contributed by atoms with E-state index in [9.17, 15) is 0 Å². The van der Waals surface area contributed by atoms with E-state index in [0.717, 1.165) is 25.6 Å². The highest BCUT2D eigenvalue weighted by Gasteiger charge is 2.11. The zero-order chi connectivity index (χ0) is 14.4. The molecule has 1 heterocycles. The lowest BCUT2D eigenvalue weighted by molar-refractivity contribution is 0.428. The molecule has 0 radical (unpaired) electrons. The van der Waals surface area contributed by atoms with Gasteiger partial charge in [-0.2, -0.15) is 0 Å². The maximum absolute atomic E-state index is 6.15. The van der Waals surface area contributed by atoms with Crippen molar-refractivity contribution in [2.24, 2.45) is 10.7 Å². The monoisotopic (exact) mass is 273 g/mol. The van der Waals surface area contributed by atoms with Crippen molar-refractivity contribution in [3.05, 3.63) is 35.4 Å². The second-order valence-corrected chi connectivity index (χ2v) is 5.92. The van der Waals surface area contributed by atoms with E-state index >= 15 is 0 Å². The fraction of sp³-hybridized carbons (Fsp3) is 0.588. The Morgan fingerprint density at radius 2 is 1.95 bits per heavy atom. The van der Waals surface area contributed by atoms with Crippen molar-refractivity contribution in [2.75, 3.05) is 19.6 Å². The van der Waals surface area contributed by atoms with Crippen LogP contribution in [-0.2, 0) is 0 Å². The van der Waals surface area contributed by atoms with Crippen molar-refractivity contribution in [3.8, 4) is 0 Å². The summed E-state index contributed by atoms with van der Waals surface area (Å²) in [5.41, 5.74) is 8.80. The summed E-state index contributed by atoms with van der Waals surface area (Å²) in [7, 11) is 0. The van der Waals surface area contributed by atoms with Crippen LogP contribution in [0, 0.1) is 6.92 Å². The molecule has 20 heavy (non-hydrogen) atoms.